The molecule has 1 aromatic heterocycles. The van der Waals surface area contributed by atoms with Crippen LogP contribution in [0.15, 0.2) is 12.4 Å². The molecule has 4 heterocycles. The molecule has 16 atom stereocenters. The summed E-state index contributed by atoms with van der Waals surface area (Å²) in [7, 11) is -1.62. The second-order valence-electron chi connectivity index (χ2n) is 28.7. The first-order chi connectivity index (χ1) is 55.6. The molecule has 3 fully saturated rings. The SMILES string of the molecule is C=P([O-])(OC)OCCCCC.CC1C(OCCOCCOCCOCCCC(=O)CCOCC(COCCC(=O)CCCOCCOCCOCCOC2OC(CO)C(O)C(O)C2C)(COCCC(=O)CCCOCCOCCOCCOC2OC(CO)C(O)C(O)C2C)CC(=O)CCCCCn2ccnn2)OC(CO)C(O)C1O. The Balaban J connectivity index is 0.00000287. The first kappa shape index (κ1) is 106. The summed E-state index contributed by atoms with van der Waals surface area (Å²) >= 11 is 0. The molecule has 0 aliphatic carbocycles. The maximum absolute atomic E-state index is 13.9. The number of aromatic nitrogens is 3. The van der Waals surface area contributed by atoms with Gasteiger partial charge in [0.2, 0.25) is 0 Å². The summed E-state index contributed by atoms with van der Waals surface area (Å²) in [6.07, 6.45) is 2.75. The lowest BCUT2D eigenvalue weighted by Gasteiger charge is -2.40. The van der Waals surface area contributed by atoms with Crippen LogP contribution in [-0.2, 0) is 120 Å². The van der Waals surface area contributed by atoms with Crippen LogP contribution in [0.4, 0.5) is 0 Å². The van der Waals surface area contributed by atoms with E-state index in [1.54, 1.807) is 37.8 Å². The van der Waals surface area contributed by atoms with Gasteiger partial charge in [-0.3, -0.25) is 23.9 Å². The van der Waals surface area contributed by atoms with E-state index in [0.29, 0.717) is 138 Å². The van der Waals surface area contributed by atoms with Crippen LogP contribution in [-0.4, -0.2) is 376 Å². The number of nitrogens with zero attached hydrogens (tertiary/aromatic N) is 3. The lowest BCUT2D eigenvalue weighted by molar-refractivity contribution is -0.284. The van der Waals surface area contributed by atoms with Gasteiger partial charge in [0.05, 0.1) is 210 Å². The minimum atomic E-state index is -2.96. The number of aliphatic hydroxyl groups excluding tert-OH is 9. The molecule has 38 heteroatoms. The van der Waals surface area contributed by atoms with E-state index in [2.05, 4.69) is 28.1 Å². The Morgan fingerprint density at radius 3 is 1.06 bits per heavy atom. The monoisotopic (exact) mass is 1680 g/mol. The van der Waals surface area contributed by atoms with Crippen LogP contribution < -0.4 is 4.89 Å². The molecular formula is C77H141N3O34P-. The number of rotatable bonds is 74. The Labute approximate surface area is 678 Å². The van der Waals surface area contributed by atoms with Gasteiger partial charge in [-0.15, -0.1) is 5.10 Å². The van der Waals surface area contributed by atoms with Gasteiger partial charge in [-0.2, -0.15) is 0 Å². The number of aryl methyl sites for hydroxylation is 1. The minimum Gasteiger partial charge on any atom is -0.789 e. The summed E-state index contributed by atoms with van der Waals surface area (Å²) in [5.74, 6) is -1.65. The van der Waals surface area contributed by atoms with Crippen molar-refractivity contribution >= 4 is 37.0 Å². The number of hydrogen-bond donors (Lipinski definition) is 9. The molecular weight excluding hydrogens is 1540 g/mol. The van der Waals surface area contributed by atoms with Crippen molar-refractivity contribution in [3.05, 3.63) is 12.4 Å². The molecule has 3 aliphatic rings. The quantitative estimate of drug-likeness (QED) is 0.0323. The number of ketones is 4. The Hall–Kier alpha value is -3.08. The highest BCUT2D eigenvalue weighted by Crippen LogP contribution is 2.36. The van der Waals surface area contributed by atoms with Crippen LogP contribution in [0.5, 0.6) is 0 Å². The van der Waals surface area contributed by atoms with E-state index in [0.717, 1.165) is 32.1 Å². The topological polar surface area (TPSA) is 489 Å². The molecule has 9 N–H and O–H groups in total. The van der Waals surface area contributed by atoms with Crippen LogP contribution in [0.25, 0.3) is 0 Å². The summed E-state index contributed by atoms with van der Waals surface area (Å²) in [5, 5.41) is 96.9. The van der Waals surface area contributed by atoms with Crippen molar-refractivity contribution in [2.45, 2.75) is 217 Å². The van der Waals surface area contributed by atoms with Gasteiger partial charge in [0.25, 0.3) is 0 Å². The molecule has 1 aromatic rings. The highest BCUT2D eigenvalue weighted by atomic mass is 31.2. The van der Waals surface area contributed by atoms with Gasteiger partial charge < -0.3 is 145 Å². The maximum Gasteiger partial charge on any atom is 0.163 e. The minimum absolute atomic E-state index is 0.00417. The molecule has 674 valence electrons. The maximum atomic E-state index is 13.9. The van der Waals surface area contributed by atoms with Crippen molar-refractivity contribution < 1.29 is 164 Å². The lowest BCUT2D eigenvalue weighted by Crippen LogP contribution is -2.55. The van der Waals surface area contributed by atoms with Crippen molar-refractivity contribution in [2.75, 3.05) is 212 Å². The summed E-state index contributed by atoms with van der Waals surface area (Å²) in [4.78, 5) is 64.0. The normalized spacial score (nSPS) is 24.8. The molecule has 3 saturated heterocycles. The molecule has 0 amide bonds. The number of Topliss-reactive ketones (excluding diaryl/α,β-unsaturated/α-hetero) is 4. The average Bonchev–Trinajstić information content (AvgIpc) is 0.866. The van der Waals surface area contributed by atoms with E-state index in [1.165, 1.54) is 7.11 Å². The number of unbranched alkanes of at least 4 members (excludes halogenated alkanes) is 4. The van der Waals surface area contributed by atoms with E-state index in [9.17, 15) is 70.0 Å². The fraction of sp³-hybridized carbons (Fsp3) is 0.909. The molecule has 115 heavy (non-hydrogen) atoms. The number of hydrogen-bond acceptors (Lipinski definition) is 36. The van der Waals surface area contributed by atoms with Crippen LogP contribution in [0, 0.1) is 23.2 Å². The van der Waals surface area contributed by atoms with Gasteiger partial charge in [0.1, 0.15) is 59.8 Å². The van der Waals surface area contributed by atoms with Crippen LogP contribution in [0.1, 0.15) is 137 Å². The largest absolute Gasteiger partial charge is 0.789 e. The zero-order valence-corrected chi connectivity index (χ0v) is 69.6. The van der Waals surface area contributed by atoms with Gasteiger partial charge in [-0.1, -0.05) is 58.5 Å². The van der Waals surface area contributed by atoms with Crippen molar-refractivity contribution in [1.29, 1.82) is 0 Å². The van der Waals surface area contributed by atoms with Crippen LogP contribution in [0.3, 0.4) is 0 Å². The fourth-order valence-electron chi connectivity index (χ4n) is 12.0. The van der Waals surface area contributed by atoms with Crippen molar-refractivity contribution in [3.8, 4) is 0 Å². The van der Waals surface area contributed by atoms with Crippen molar-refractivity contribution in [3.63, 3.8) is 0 Å². The molecule has 0 saturated carbocycles. The third-order valence-corrected chi connectivity index (χ3v) is 20.2. The average molecular weight is 1680 g/mol. The van der Waals surface area contributed by atoms with E-state index < -0.39 is 124 Å². The first-order valence-corrected chi connectivity index (χ1v) is 42.5. The van der Waals surface area contributed by atoms with E-state index in [4.69, 9.17) is 89.8 Å². The predicted octanol–water partition coefficient (Wildman–Crippen LogP) is 0.871. The first-order valence-electron chi connectivity index (χ1n) is 40.8. The van der Waals surface area contributed by atoms with Crippen molar-refractivity contribution in [2.24, 2.45) is 23.2 Å². The third kappa shape index (κ3) is 48.4. The summed E-state index contributed by atoms with van der Waals surface area (Å²) < 4.78 is 114. The predicted molar refractivity (Wildman–Crippen MR) is 412 cm³/mol. The molecule has 0 radical (unpaired) electrons. The van der Waals surface area contributed by atoms with Gasteiger partial charge in [-0.25, -0.2) is 0 Å². The van der Waals surface area contributed by atoms with E-state index in [1.807, 2.05) is 0 Å². The number of aliphatic hydroxyl groups is 9. The Bertz CT molecular complexity index is 2390. The second kappa shape index (κ2) is 66.5. The number of ether oxygens (including phenoxy) is 18. The Morgan fingerprint density at radius 1 is 0.417 bits per heavy atom. The van der Waals surface area contributed by atoms with Crippen molar-refractivity contribution in [1.82, 2.24) is 15.0 Å². The van der Waals surface area contributed by atoms with E-state index in [-0.39, 0.29) is 154 Å². The van der Waals surface area contributed by atoms with Gasteiger partial charge in [0.15, 0.2) is 18.9 Å². The van der Waals surface area contributed by atoms with Gasteiger partial charge in [-0.05, 0) is 38.5 Å². The Kier molecular flexibility index (Phi) is 61.4. The smallest absolute Gasteiger partial charge is 0.163 e. The lowest BCUT2D eigenvalue weighted by atomic mass is 9.84. The highest BCUT2D eigenvalue weighted by molar-refractivity contribution is 7.57. The summed E-state index contributed by atoms with van der Waals surface area (Å²) in [6.45, 7) is 13.1. The van der Waals surface area contributed by atoms with Crippen LogP contribution in [0.2, 0.25) is 0 Å². The molecule has 3 aliphatic heterocycles. The zero-order valence-electron chi connectivity index (χ0n) is 68.7. The zero-order chi connectivity index (χ0) is 84.2. The van der Waals surface area contributed by atoms with Gasteiger partial charge >= 0.3 is 0 Å². The second-order valence-corrected chi connectivity index (χ2v) is 30.5. The molecule has 0 spiro atoms. The summed E-state index contributed by atoms with van der Waals surface area (Å²) in [5.41, 5.74) is -1.03. The molecule has 16 unspecified atom stereocenters. The molecule has 4 rings (SSSR count). The third-order valence-electron chi connectivity index (χ3n) is 19.1. The van der Waals surface area contributed by atoms with Gasteiger partial charge in [0, 0.05) is 122 Å². The fourth-order valence-corrected chi connectivity index (χ4v) is 12.5. The molecule has 0 bridgehead atoms. The van der Waals surface area contributed by atoms with E-state index >= 15 is 0 Å². The van der Waals surface area contributed by atoms with Crippen LogP contribution >= 0.6 is 7.57 Å². The summed E-state index contributed by atoms with van der Waals surface area (Å²) in [6, 6.07) is 0. The Morgan fingerprint density at radius 2 is 0.748 bits per heavy atom. The number of carbonyl (C=O) groups excluding carboxylic acids is 4. The molecule has 0 aromatic carbocycles. The standard InChI is InChI=1S/C70H125N3O31.C7H16O3P/c1-51-61(81)64(84)58(45-74)102-67(51)99-41-38-93-35-32-90-29-26-87-20-7-11-54(77)14-23-96-48-70(44-57(80)10-5-4-6-18-73-19-17-71-72-73,49-97-24-15-55(78)12-8-21-88-27-30-91-33-36-94-39-42-100-68-52(2)62(82)65(85)59(46-75)103-68)50-98-25-16-56(79)13-9-22-89-28-31-92-34-37-95-40-43-101-69-53(3)63(83)66(86)60(47-76)104-69;1-4-5-6-7-10-11(3,8)9-2/h17,19,51-53,58-69,74-76,81-86H,4-16,18,20-50H2,1-3H3;3-7H2,1-2H3/q;-1. The highest BCUT2D eigenvalue weighted by Gasteiger charge is 2.45. The molecule has 37 nitrogen and oxygen atoms in total. The number of carbonyl (C=O) groups is 4.